The van der Waals surface area contributed by atoms with Crippen molar-refractivity contribution in [3.63, 3.8) is 0 Å². The van der Waals surface area contributed by atoms with Gasteiger partial charge in [-0.1, -0.05) is 0 Å². The summed E-state index contributed by atoms with van der Waals surface area (Å²) in [5, 5.41) is 0. The number of carbonyl (C=O) groups is 2. The number of carbonyl (C=O) groups excluding carboxylic acids is 2. The molecule has 19 heavy (non-hydrogen) atoms. The minimum atomic E-state index is -0.354. The summed E-state index contributed by atoms with van der Waals surface area (Å²) in [5.41, 5.74) is 3.11. The Bertz CT molecular complexity index is 475. The SMILES string of the molecule is CONC(=O)C1CC(=O)N(c2ccc(SC)cc2)C1. The van der Waals surface area contributed by atoms with Gasteiger partial charge in [0.2, 0.25) is 11.8 Å². The summed E-state index contributed by atoms with van der Waals surface area (Å²) in [5.74, 6) is -0.639. The van der Waals surface area contributed by atoms with Gasteiger partial charge in [-0.2, -0.15) is 0 Å². The maximum Gasteiger partial charge on any atom is 0.248 e. The van der Waals surface area contributed by atoms with E-state index in [4.69, 9.17) is 0 Å². The molecule has 0 bridgehead atoms. The molecule has 2 amide bonds. The smallest absolute Gasteiger partial charge is 0.248 e. The van der Waals surface area contributed by atoms with E-state index in [1.54, 1.807) is 16.7 Å². The highest BCUT2D eigenvalue weighted by molar-refractivity contribution is 7.98. The van der Waals surface area contributed by atoms with E-state index >= 15 is 0 Å². The number of thioether (sulfide) groups is 1. The fraction of sp³-hybridized carbons (Fsp3) is 0.385. The zero-order valence-electron chi connectivity index (χ0n) is 10.9. The summed E-state index contributed by atoms with van der Waals surface area (Å²) in [6, 6.07) is 7.74. The summed E-state index contributed by atoms with van der Waals surface area (Å²) in [6.07, 6.45) is 2.22. The molecule has 0 saturated carbocycles. The number of hydrogen-bond acceptors (Lipinski definition) is 4. The lowest BCUT2D eigenvalue weighted by Gasteiger charge is -2.16. The van der Waals surface area contributed by atoms with Crippen LogP contribution in [0.4, 0.5) is 5.69 Å². The zero-order chi connectivity index (χ0) is 13.8. The molecule has 1 saturated heterocycles. The van der Waals surface area contributed by atoms with Gasteiger partial charge in [-0.25, -0.2) is 5.48 Å². The highest BCUT2D eigenvalue weighted by atomic mass is 32.2. The zero-order valence-corrected chi connectivity index (χ0v) is 11.7. The Morgan fingerprint density at radius 1 is 1.42 bits per heavy atom. The van der Waals surface area contributed by atoms with Crippen LogP contribution in [0.1, 0.15) is 6.42 Å². The number of rotatable bonds is 4. The fourth-order valence-corrected chi connectivity index (χ4v) is 2.49. The molecule has 1 fully saturated rings. The van der Waals surface area contributed by atoms with Crippen molar-refractivity contribution in [2.24, 2.45) is 5.92 Å². The van der Waals surface area contributed by atoms with Crippen molar-refractivity contribution in [3.05, 3.63) is 24.3 Å². The van der Waals surface area contributed by atoms with E-state index in [0.717, 1.165) is 10.6 Å². The highest BCUT2D eigenvalue weighted by Crippen LogP contribution is 2.27. The second-order valence-corrected chi connectivity index (χ2v) is 5.15. The third-order valence-electron chi connectivity index (χ3n) is 3.08. The first kappa shape index (κ1) is 13.9. The Labute approximate surface area is 116 Å². The lowest BCUT2D eigenvalue weighted by atomic mass is 10.1. The maximum absolute atomic E-state index is 11.9. The minimum Gasteiger partial charge on any atom is -0.312 e. The summed E-state index contributed by atoms with van der Waals surface area (Å²) in [7, 11) is 1.38. The Balaban J connectivity index is 2.08. The first-order chi connectivity index (χ1) is 9.15. The normalized spacial score (nSPS) is 18.7. The summed E-state index contributed by atoms with van der Waals surface area (Å²) in [6.45, 7) is 0.395. The molecule has 0 radical (unpaired) electrons. The molecular weight excluding hydrogens is 264 g/mol. The largest absolute Gasteiger partial charge is 0.312 e. The van der Waals surface area contributed by atoms with Crippen molar-refractivity contribution < 1.29 is 14.4 Å². The molecule has 0 aliphatic carbocycles. The number of nitrogens with zero attached hydrogens (tertiary/aromatic N) is 1. The predicted octanol–water partition coefficient (Wildman–Crippen LogP) is 1.44. The van der Waals surface area contributed by atoms with E-state index in [0.29, 0.717) is 6.54 Å². The lowest BCUT2D eigenvalue weighted by molar-refractivity contribution is -0.135. The van der Waals surface area contributed by atoms with Crippen molar-refractivity contribution in [3.8, 4) is 0 Å². The van der Waals surface area contributed by atoms with Crippen LogP contribution in [-0.2, 0) is 14.4 Å². The van der Waals surface area contributed by atoms with Crippen LogP contribution in [0.15, 0.2) is 29.2 Å². The second-order valence-electron chi connectivity index (χ2n) is 4.27. The molecule has 1 aliphatic heterocycles. The van der Waals surface area contributed by atoms with Gasteiger partial charge in [0.05, 0.1) is 13.0 Å². The van der Waals surface area contributed by atoms with Crippen molar-refractivity contribution >= 4 is 29.3 Å². The Hall–Kier alpha value is -1.53. The van der Waals surface area contributed by atoms with Crippen LogP contribution in [0.5, 0.6) is 0 Å². The average Bonchev–Trinajstić information content (AvgIpc) is 2.81. The molecule has 102 valence electrons. The second kappa shape index (κ2) is 6.08. The molecule has 1 unspecified atom stereocenters. The van der Waals surface area contributed by atoms with E-state index in [1.807, 2.05) is 30.5 Å². The van der Waals surface area contributed by atoms with Gasteiger partial charge in [0.25, 0.3) is 0 Å². The van der Waals surface area contributed by atoms with Crippen molar-refractivity contribution in [1.29, 1.82) is 0 Å². The molecule has 6 heteroatoms. The van der Waals surface area contributed by atoms with Gasteiger partial charge in [0.1, 0.15) is 0 Å². The first-order valence-corrected chi connectivity index (χ1v) is 7.15. The standard InChI is InChI=1S/C13H16N2O3S/c1-18-14-13(17)9-7-12(16)15(8-9)10-3-5-11(19-2)6-4-10/h3-6,9H,7-8H2,1-2H3,(H,14,17). The summed E-state index contributed by atoms with van der Waals surface area (Å²) in [4.78, 5) is 31.0. The molecule has 1 aromatic rings. The highest BCUT2D eigenvalue weighted by Gasteiger charge is 2.35. The maximum atomic E-state index is 11.9. The predicted molar refractivity (Wildman–Crippen MR) is 73.8 cm³/mol. The molecule has 1 heterocycles. The van der Waals surface area contributed by atoms with Gasteiger partial charge >= 0.3 is 0 Å². The van der Waals surface area contributed by atoms with Crippen LogP contribution >= 0.6 is 11.8 Å². The van der Waals surface area contributed by atoms with Crippen molar-refractivity contribution in [2.45, 2.75) is 11.3 Å². The quantitative estimate of drug-likeness (QED) is 0.670. The van der Waals surface area contributed by atoms with Gasteiger partial charge < -0.3 is 4.90 Å². The number of nitrogens with one attached hydrogen (secondary N) is 1. The third-order valence-corrected chi connectivity index (χ3v) is 3.83. The van der Waals surface area contributed by atoms with Crippen LogP contribution in [0.2, 0.25) is 0 Å². The molecule has 5 nitrogen and oxygen atoms in total. The van der Waals surface area contributed by atoms with Crippen LogP contribution < -0.4 is 10.4 Å². The Morgan fingerprint density at radius 3 is 2.68 bits per heavy atom. The average molecular weight is 280 g/mol. The number of benzene rings is 1. The monoisotopic (exact) mass is 280 g/mol. The van der Waals surface area contributed by atoms with Crippen LogP contribution in [0.3, 0.4) is 0 Å². The molecule has 1 N–H and O–H groups in total. The minimum absolute atomic E-state index is 0.0341. The van der Waals surface area contributed by atoms with E-state index < -0.39 is 0 Å². The first-order valence-electron chi connectivity index (χ1n) is 5.93. The number of anilines is 1. The van der Waals surface area contributed by atoms with Gasteiger partial charge in [-0.15, -0.1) is 11.8 Å². The van der Waals surface area contributed by atoms with Crippen LogP contribution in [0.25, 0.3) is 0 Å². The van der Waals surface area contributed by atoms with Crippen molar-refractivity contribution in [1.82, 2.24) is 5.48 Å². The van der Waals surface area contributed by atoms with Gasteiger partial charge in [-0.05, 0) is 30.5 Å². The molecular formula is C13H16N2O3S. The van der Waals surface area contributed by atoms with Gasteiger partial charge in [-0.3, -0.25) is 14.4 Å². The summed E-state index contributed by atoms with van der Waals surface area (Å²) < 4.78 is 0. The molecule has 1 atom stereocenters. The fourth-order valence-electron chi connectivity index (χ4n) is 2.08. The van der Waals surface area contributed by atoms with Crippen LogP contribution in [0, 0.1) is 5.92 Å². The Kier molecular flexibility index (Phi) is 4.44. The topological polar surface area (TPSA) is 58.6 Å². The third kappa shape index (κ3) is 3.08. The molecule has 0 aromatic heterocycles. The van der Waals surface area contributed by atoms with E-state index in [-0.39, 0.29) is 24.2 Å². The molecule has 1 aliphatic rings. The van der Waals surface area contributed by atoms with Crippen LogP contribution in [-0.4, -0.2) is 31.7 Å². The lowest BCUT2D eigenvalue weighted by Crippen LogP contribution is -2.32. The van der Waals surface area contributed by atoms with E-state index in [1.165, 1.54) is 7.11 Å². The van der Waals surface area contributed by atoms with Gasteiger partial charge in [0, 0.05) is 23.5 Å². The van der Waals surface area contributed by atoms with E-state index in [2.05, 4.69) is 10.3 Å². The molecule has 1 aromatic carbocycles. The van der Waals surface area contributed by atoms with Gasteiger partial charge in [0.15, 0.2) is 0 Å². The molecule has 0 spiro atoms. The number of hydrogen-bond donors (Lipinski definition) is 1. The number of hydroxylamine groups is 1. The Morgan fingerprint density at radius 2 is 2.11 bits per heavy atom. The van der Waals surface area contributed by atoms with E-state index in [9.17, 15) is 9.59 Å². The molecule has 2 rings (SSSR count). The summed E-state index contributed by atoms with van der Waals surface area (Å²) >= 11 is 1.65. The number of amides is 2. The van der Waals surface area contributed by atoms with Crippen molar-refractivity contribution in [2.75, 3.05) is 24.8 Å².